The van der Waals surface area contributed by atoms with Crippen molar-refractivity contribution in [1.29, 1.82) is 0 Å². The summed E-state index contributed by atoms with van der Waals surface area (Å²) in [5, 5.41) is 3.11. The molecule has 0 amide bonds. The number of thiophene rings is 1. The largest absolute Gasteiger partial charge is 0.276 e. The van der Waals surface area contributed by atoms with Gasteiger partial charge >= 0.3 is 0 Å². The Hall–Kier alpha value is -2.15. The Morgan fingerprint density at radius 3 is 2.74 bits per heavy atom. The Morgan fingerprint density at radius 2 is 2.00 bits per heavy atom. The fourth-order valence-corrected chi connectivity index (χ4v) is 4.74. The van der Waals surface area contributed by atoms with Crippen LogP contribution in [-0.2, 0) is 5.75 Å². The Balaban J connectivity index is 1.83. The molecule has 0 fully saturated rings. The number of hydrogen-bond acceptors (Lipinski definition) is 4. The fourth-order valence-electron chi connectivity index (χ4n) is 2.75. The van der Waals surface area contributed by atoms with E-state index in [1.165, 1.54) is 35.2 Å². The van der Waals surface area contributed by atoms with Gasteiger partial charge in [0.05, 0.1) is 11.2 Å². The van der Waals surface area contributed by atoms with Crippen LogP contribution in [0.25, 0.3) is 15.9 Å². The Bertz CT molecular complexity index is 1190. The number of benzene rings is 2. The molecule has 0 unspecified atom stereocenters. The van der Waals surface area contributed by atoms with Crippen LogP contribution in [0, 0.1) is 12.7 Å². The van der Waals surface area contributed by atoms with Crippen molar-refractivity contribution < 1.29 is 4.39 Å². The minimum Gasteiger partial charge on any atom is -0.267 e. The lowest BCUT2D eigenvalue weighted by atomic mass is 10.2. The monoisotopic (exact) mass is 416 g/mol. The molecule has 0 aliphatic carbocycles. The van der Waals surface area contributed by atoms with Crippen molar-refractivity contribution in [1.82, 2.24) is 9.55 Å². The van der Waals surface area contributed by atoms with Gasteiger partial charge in [-0.25, -0.2) is 9.37 Å². The van der Waals surface area contributed by atoms with Gasteiger partial charge in [-0.3, -0.25) is 9.36 Å². The summed E-state index contributed by atoms with van der Waals surface area (Å²) in [6.45, 7) is 1.94. The first kappa shape index (κ1) is 18.2. The molecule has 27 heavy (non-hydrogen) atoms. The van der Waals surface area contributed by atoms with Crippen molar-refractivity contribution in [3.8, 4) is 5.69 Å². The van der Waals surface area contributed by atoms with Crippen molar-refractivity contribution in [2.75, 3.05) is 0 Å². The van der Waals surface area contributed by atoms with Crippen molar-refractivity contribution in [2.45, 2.75) is 17.8 Å². The summed E-state index contributed by atoms with van der Waals surface area (Å²) in [5.41, 5.74) is 3.12. The molecule has 3 nitrogen and oxygen atoms in total. The molecular weight excluding hydrogens is 403 g/mol. The van der Waals surface area contributed by atoms with Crippen LogP contribution >= 0.6 is 34.7 Å². The highest BCUT2D eigenvalue weighted by Gasteiger charge is 2.16. The average molecular weight is 417 g/mol. The van der Waals surface area contributed by atoms with Gasteiger partial charge in [-0.05, 0) is 59.8 Å². The number of halogens is 2. The second kappa shape index (κ2) is 7.46. The molecule has 0 radical (unpaired) electrons. The number of nitrogens with zero attached hydrogens (tertiary/aromatic N) is 2. The van der Waals surface area contributed by atoms with Crippen LogP contribution in [0.4, 0.5) is 4.39 Å². The van der Waals surface area contributed by atoms with Gasteiger partial charge in [0.2, 0.25) is 0 Å². The minimum atomic E-state index is -0.278. The molecule has 0 bridgehead atoms. The Morgan fingerprint density at radius 1 is 1.22 bits per heavy atom. The molecule has 0 saturated carbocycles. The van der Waals surface area contributed by atoms with Gasteiger partial charge in [-0.2, -0.15) is 0 Å². The molecule has 4 aromatic rings. The van der Waals surface area contributed by atoms with Gasteiger partial charge < -0.3 is 0 Å². The van der Waals surface area contributed by atoms with E-state index in [4.69, 9.17) is 16.6 Å². The van der Waals surface area contributed by atoms with Crippen LogP contribution in [0.5, 0.6) is 0 Å². The topological polar surface area (TPSA) is 34.9 Å². The molecule has 4 rings (SSSR count). The second-order valence-corrected chi connectivity index (χ2v) is 8.28. The zero-order chi connectivity index (χ0) is 19.0. The molecule has 7 heteroatoms. The van der Waals surface area contributed by atoms with Crippen molar-refractivity contribution in [3.05, 3.63) is 86.2 Å². The predicted molar refractivity (Wildman–Crippen MR) is 111 cm³/mol. The molecule has 0 atom stereocenters. The van der Waals surface area contributed by atoms with Crippen molar-refractivity contribution in [2.24, 2.45) is 0 Å². The van der Waals surface area contributed by atoms with Crippen LogP contribution in [0.15, 0.2) is 63.9 Å². The van der Waals surface area contributed by atoms with Crippen LogP contribution in [0.3, 0.4) is 0 Å². The quantitative estimate of drug-likeness (QED) is 0.309. The van der Waals surface area contributed by atoms with E-state index in [1.807, 2.05) is 18.4 Å². The first-order valence-electron chi connectivity index (χ1n) is 8.17. The number of thioether (sulfide) groups is 1. The third-order valence-electron chi connectivity index (χ3n) is 4.08. The summed E-state index contributed by atoms with van der Waals surface area (Å²) in [5.74, 6) is 0.229. The maximum atomic E-state index is 13.5. The highest BCUT2D eigenvalue weighted by molar-refractivity contribution is 7.98. The van der Waals surface area contributed by atoms with Gasteiger partial charge in [-0.15, -0.1) is 11.3 Å². The van der Waals surface area contributed by atoms with E-state index in [-0.39, 0.29) is 11.4 Å². The number of fused-ring (bicyclic) bond motifs is 1. The molecule has 2 aromatic carbocycles. The first-order valence-corrected chi connectivity index (χ1v) is 10.4. The molecule has 0 aliphatic heterocycles. The van der Waals surface area contributed by atoms with Gasteiger partial charge in [0.15, 0.2) is 5.16 Å². The van der Waals surface area contributed by atoms with Crippen LogP contribution in [0.2, 0.25) is 5.02 Å². The third kappa shape index (κ3) is 3.65. The molecule has 2 heterocycles. The van der Waals surface area contributed by atoms with Crippen LogP contribution in [0.1, 0.15) is 11.1 Å². The highest BCUT2D eigenvalue weighted by atomic mass is 35.5. The summed E-state index contributed by atoms with van der Waals surface area (Å²) in [6, 6.07) is 13.5. The van der Waals surface area contributed by atoms with Crippen LogP contribution < -0.4 is 5.56 Å². The zero-order valence-corrected chi connectivity index (χ0v) is 16.7. The second-order valence-electron chi connectivity index (χ2n) is 6.03. The standard InChI is InChI=1S/C20H14ClFN2OS2/c1-12-10-26-18-17(12)23-20(27-11-13-3-2-4-15(22)9-13)24(19(18)25)16-7-5-14(21)6-8-16/h2-10H,11H2,1H3. The fraction of sp³-hybridized carbons (Fsp3) is 0.100. The molecule has 136 valence electrons. The normalized spacial score (nSPS) is 11.2. The molecule has 0 saturated heterocycles. The van der Waals surface area contributed by atoms with E-state index in [2.05, 4.69) is 0 Å². The SMILES string of the molecule is Cc1csc2c(=O)n(-c3ccc(Cl)cc3)c(SCc3cccc(F)c3)nc12. The summed E-state index contributed by atoms with van der Waals surface area (Å²) in [7, 11) is 0. The maximum Gasteiger partial charge on any atom is 0.276 e. The lowest BCUT2D eigenvalue weighted by molar-refractivity contribution is 0.626. The number of aryl methyl sites for hydroxylation is 1. The number of rotatable bonds is 4. The lowest BCUT2D eigenvalue weighted by Gasteiger charge is -2.12. The number of hydrogen-bond donors (Lipinski definition) is 0. The summed E-state index contributed by atoms with van der Waals surface area (Å²) >= 11 is 8.79. The average Bonchev–Trinajstić information content (AvgIpc) is 3.02. The van der Waals surface area contributed by atoms with Gasteiger partial charge in [0.25, 0.3) is 5.56 Å². The lowest BCUT2D eigenvalue weighted by Crippen LogP contribution is -2.21. The third-order valence-corrected chi connectivity index (χ3v) is 6.42. The first-order chi connectivity index (χ1) is 13.0. The van der Waals surface area contributed by atoms with Gasteiger partial charge in [-0.1, -0.05) is 35.5 Å². The van der Waals surface area contributed by atoms with Crippen molar-refractivity contribution in [3.63, 3.8) is 0 Å². The van der Waals surface area contributed by atoms with E-state index >= 15 is 0 Å². The summed E-state index contributed by atoms with van der Waals surface area (Å²) < 4.78 is 15.7. The molecule has 0 aliphatic rings. The van der Waals surface area contributed by atoms with E-state index in [0.29, 0.717) is 26.3 Å². The molecule has 0 N–H and O–H groups in total. The predicted octanol–water partition coefficient (Wildman–Crippen LogP) is 5.84. The van der Waals surface area contributed by atoms with E-state index in [9.17, 15) is 9.18 Å². The van der Waals surface area contributed by atoms with E-state index in [0.717, 1.165) is 16.6 Å². The number of aromatic nitrogens is 2. The summed E-state index contributed by atoms with van der Waals surface area (Å²) in [4.78, 5) is 17.9. The van der Waals surface area contributed by atoms with Crippen LogP contribution in [-0.4, -0.2) is 9.55 Å². The molecular formula is C20H14ClFN2OS2. The molecule has 0 spiro atoms. The zero-order valence-electron chi connectivity index (χ0n) is 14.3. The molecule has 2 aromatic heterocycles. The van der Waals surface area contributed by atoms with E-state index < -0.39 is 0 Å². The summed E-state index contributed by atoms with van der Waals surface area (Å²) in [6.07, 6.45) is 0. The van der Waals surface area contributed by atoms with Gasteiger partial charge in [0, 0.05) is 10.8 Å². The Kier molecular flexibility index (Phi) is 5.04. The minimum absolute atomic E-state index is 0.109. The maximum absolute atomic E-state index is 13.5. The van der Waals surface area contributed by atoms with E-state index in [1.54, 1.807) is 34.9 Å². The smallest absolute Gasteiger partial charge is 0.267 e. The van der Waals surface area contributed by atoms with Gasteiger partial charge in [0.1, 0.15) is 10.5 Å². The Labute approximate surface area is 168 Å². The highest BCUT2D eigenvalue weighted by Crippen LogP contribution is 2.28. The van der Waals surface area contributed by atoms with Crippen molar-refractivity contribution >= 4 is 44.9 Å².